The number of halogens is 1. The molecular weight excluding hydrogens is 360 g/mol. The van der Waals surface area contributed by atoms with E-state index >= 15 is 0 Å². The fourth-order valence-corrected chi connectivity index (χ4v) is 3.59. The van der Waals surface area contributed by atoms with Gasteiger partial charge in [0, 0.05) is 29.5 Å². The van der Waals surface area contributed by atoms with Crippen molar-refractivity contribution in [3.05, 3.63) is 59.1 Å². The van der Waals surface area contributed by atoms with Crippen molar-refractivity contribution in [2.24, 2.45) is 15.7 Å². The number of likely N-dealkylation sites (tertiary alicyclic amines) is 1. The molecule has 1 saturated heterocycles. The van der Waals surface area contributed by atoms with E-state index in [0.29, 0.717) is 5.02 Å². The summed E-state index contributed by atoms with van der Waals surface area (Å²) >= 11 is 6.15. The summed E-state index contributed by atoms with van der Waals surface area (Å²) in [7, 11) is 0. The number of nitrogens with two attached hydrogens (primary N) is 1. The first kappa shape index (κ1) is 17.7. The maximum absolute atomic E-state index is 6.15. The molecule has 2 aromatic carbocycles. The molecule has 1 atom stereocenters. The third-order valence-electron chi connectivity index (χ3n) is 4.75. The minimum Gasteiger partial charge on any atom is -0.368 e. The second kappa shape index (κ2) is 7.48. The number of aliphatic imine (C=N–C) groups is 2. The van der Waals surface area contributed by atoms with E-state index in [9.17, 15) is 0 Å². The van der Waals surface area contributed by atoms with Gasteiger partial charge in [-0.1, -0.05) is 35.4 Å². The van der Waals surface area contributed by atoms with Gasteiger partial charge in [-0.15, -0.1) is 0 Å². The van der Waals surface area contributed by atoms with Gasteiger partial charge in [-0.2, -0.15) is 4.99 Å². The maximum Gasteiger partial charge on any atom is 0.222 e. The Kier molecular flexibility index (Phi) is 4.90. The maximum atomic E-state index is 6.15. The molecule has 4 rings (SSSR count). The van der Waals surface area contributed by atoms with Crippen molar-refractivity contribution < 1.29 is 0 Å². The van der Waals surface area contributed by atoms with Crippen molar-refractivity contribution in [2.75, 3.05) is 23.3 Å². The van der Waals surface area contributed by atoms with Crippen LogP contribution in [0, 0.1) is 6.92 Å². The van der Waals surface area contributed by atoms with Crippen molar-refractivity contribution in [3.63, 3.8) is 0 Å². The molecular formula is C20H23ClN6. The molecule has 2 aromatic rings. The van der Waals surface area contributed by atoms with Crippen molar-refractivity contribution >= 4 is 34.9 Å². The summed E-state index contributed by atoms with van der Waals surface area (Å²) in [4.78, 5) is 13.5. The number of nitrogens with zero attached hydrogens (tertiary/aromatic N) is 4. The Bertz CT molecular complexity index is 870. The van der Waals surface area contributed by atoms with E-state index in [1.807, 2.05) is 24.3 Å². The molecule has 2 aliphatic rings. The van der Waals surface area contributed by atoms with E-state index in [-0.39, 0.29) is 5.96 Å². The summed E-state index contributed by atoms with van der Waals surface area (Å²) in [5.74, 6) is 1.11. The van der Waals surface area contributed by atoms with Crippen LogP contribution in [0.25, 0.3) is 0 Å². The first-order valence-electron chi connectivity index (χ1n) is 9.15. The second-order valence-corrected chi connectivity index (χ2v) is 7.26. The summed E-state index contributed by atoms with van der Waals surface area (Å²) in [6.07, 6.45) is 1.91. The van der Waals surface area contributed by atoms with E-state index in [4.69, 9.17) is 17.3 Å². The summed E-state index contributed by atoms with van der Waals surface area (Å²) < 4.78 is 0. The molecule has 2 heterocycles. The number of anilines is 2. The van der Waals surface area contributed by atoms with Crippen LogP contribution >= 0.6 is 11.6 Å². The van der Waals surface area contributed by atoms with Crippen molar-refractivity contribution in [1.82, 2.24) is 4.90 Å². The molecule has 0 aliphatic carbocycles. The Labute approximate surface area is 164 Å². The standard InChI is InChI=1S/C20H23ClN6/c1-14-7-9-17(10-8-14)27-19(23-16-6-4-5-15(21)13-16)24-18(22)25-20(27)26-11-2-3-12-26/h4-10,13,19,23H,2-3,11-12H2,1H3,(H2,22,24). The van der Waals surface area contributed by atoms with E-state index in [1.54, 1.807) is 0 Å². The molecule has 0 aromatic heterocycles. The van der Waals surface area contributed by atoms with Gasteiger partial charge in [0.1, 0.15) is 0 Å². The molecule has 27 heavy (non-hydrogen) atoms. The average molecular weight is 383 g/mol. The van der Waals surface area contributed by atoms with E-state index in [1.165, 1.54) is 5.56 Å². The minimum absolute atomic E-state index is 0.278. The van der Waals surface area contributed by atoms with Crippen LogP contribution in [0.2, 0.25) is 5.02 Å². The first-order valence-corrected chi connectivity index (χ1v) is 9.53. The first-order chi connectivity index (χ1) is 13.1. The van der Waals surface area contributed by atoms with Crippen molar-refractivity contribution in [1.29, 1.82) is 0 Å². The average Bonchev–Trinajstić information content (AvgIpc) is 3.17. The van der Waals surface area contributed by atoms with Crippen LogP contribution in [-0.4, -0.2) is 36.2 Å². The van der Waals surface area contributed by atoms with Gasteiger partial charge >= 0.3 is 0 Å². The molecule has 0 saturated carbocycles. The lowest BCUT2D eigenvalue weighted by Gasteiger charge is -2.38. The molecule has 1 unspecified atom stereocenters. The van der Waals surface area contributed by atoms with Gasteiger partial charge in [0.05, 0.1) is 0 Å². The Morgan fingerprint density at radius 1 is 1.11 bits per heavy atom. The molecule has 7 heteroatoms. The number of guanidine groups is 2. The normalized spacial score (nSPS) is 19.7. The van der Waals surface area contributed by atoms with Crippen LogP contribution in [0.1, 0.15) is 18.4 Å². The lowest BCUT2D eigenvalue weighted by molar-refractivity contribution is 0.497. The molecule has 0 radical (unpaired) electrons. The van der Waals surface area contributed by atoms with Crippen LogP contribution in [0.15, 0.2) is 58.5 Å². The highest BCUT2D eigenvalue weighted by molar-refractivity contribution is 6.30. The van der Waals surface area contributed by atoms with Crippen LogP contribution in [0.3, 0.4) is 0 Å². The number of benzene rings is 2. The Hall–Kier alpha value is -2.73. The van der Waals surface area contributed by atoms with Crippen LogP contribution in [0.5, 0.6) is 0 Å². The molecule has 0 amide bonds. The summed E-state index contributed by atoms with van der Waals surface area (Å²) in [5, 5.41) is 4.10. The zero-order chi connectivity index (χ0) is 18.8. The second-order valence-electron chi connectivity index (χ2n) is 6.83. The Morgan fingerprint density at radius 2 is 1.85 bits per heavy atom. The highest BCUT2D eigenvalue weighted by atomic mass is 35.5. The van der Waals surface area contributed by atoms with Gasteiger partial charge in [0.15, 0.2) is 0 Å². The predicted octanol–water partition coefficient (Wildman–Crippen LogP) is 3.63. The van der Waals surface area contributed by atoms with Gasteiger partial charge in [0.2, 0.25) is 18.2 Å². The van der Waals surface area contributed by atoms with Crippen LogP contribution in [-0.2, 0) is 0 Å². The summed E-state index contributed by atoms with van der Waals surface area (Å²) in [6, 6.07) is 16.0. The highest BCUT2D eigenvalue weighted by Crippen LogP contribution is 2.26. The number of aryl methyl sites for hydroxylation is 1. The monoisotopic (exact) mass is 382 g/mol. The quantitative estimate of drug-likeness (QED) is 0.850. The zero-order valence-corrected chi connectivity index (χ0v) is 16.0. The largest absolute Gasteiger partial charge is 0.368 e. The molecule has 2 aliphatic heterocycles. The molecule has 0 spiro atoms. The number of rotatable bonds is 3. The Balaban J connectivity index is 1.72. The Morgan fingerprint density at radius 3 is 2.56 bits per heavy atom. The molecule has 0 bridgehead atoms. The topological polar surface area (TPSA) is 69.2 Å². The molecule has 3 N–H and O–H groups in total. The SMILES string of the molecule is Cc1ccc(N2C(N3CCCC3)=NC(N)=NC2Nc2cccc(Cl)c2)cc1. The minimum atomic E-state index is -0.403. The van der Waals surface area contributed by atoms with Crippen molar-refractivity contribution in [2.45, 2.75) is 26.1 Å². The number of nitrogens with one attached hydrogen (secondary N) is 1. The fraction of sp³-hybridized carbons (Fsp3) is 0.300. The van der Waals surface area contributed by atoms with Gasteiger partial charge in [-0.25, -0.2) is 4.99 Å². The lowest BCUT2D eigenvalue weighted by Crippen LogP contribution is -2.54. The fourth-order valence-electron chi connectivity index (χ4n) is 3.40. The summed E-state index contributed by atoms with van der Waals surface area (Å²) in [5.41, 5.74) is 9.17. The molecule has 6 nitrogen and oxygen atoms in total. The third kappa shape index (κ3) is 3.85. The zero-order valence-electron chi connectivity index (χ0n) is 15.3. The smallest absolute Gasteiger partial charge is 0.222 e. The molecule has 140 valence electrons. The van der Waals surface area contributed by atoms with Gasteiger partial charge in [0.25, 0.3) is 0 Å². The van der Waals surface area contributed by atoms with Crippen molar-refractivity contribution in [3.8, 4) is 0 Å². The highest BCUT2D eigenvalue weighted by Gasteiger charge is 2.32. The van der Waals surface area contributed by atoms with E-state index < -0.39 is 6.29 Å². The number of hydrogen-bond acceptors (Lipinski definition) is 6. The van der Waals surface area contributed by atoms with Crippen LogP contribution in [0.4, 0.5) is 11.4 Å². The number of hydrogen-bond donors (Lipinski definition) is 2. The third-order valence-corrected chi connectivity index (χ3v) is 4.99. The van der Waals surface area contributed by atoms with E-state index in [2.05, 4.69) is 56.3 Å². The molecule has 1 fully saturated rings. The van der Waals surface area contributed by atoms with Crippen LogP contribution < -0.4 is 16.0 Å². The van der Waals surface area contributed by atoms with Gasteiger partial charge < -0.3 is 16.0 Å². The van der Waals surface area contributed by atoms with Gasteiger partial charge in [-0.3, -0.25) is 4.90 Å². The predicted molar refractivity (Wildman–Crippen MR) is 112 cm³/mol. The summed E-state index contributed by atoms with van der Waals surface area (Å²) in [6.45, 7) is 4.02. The van der Waals surface area contributed by atoms with Gasteiger partial charge in [-0.05, 0) is 50.1 Å². The van der Waals surface area contributed by atoms with E-state index in [0.717, 1.165) is 43.3 Å². The lowest BCUT2D eigenvalue weighted by atomic mass is 10.2.